The van der Waals surface area contributed by atoms with Gasteiger partial charge in [0.2, 0.25) is 5.29 Å². The summed E-state index contributed by atoms with van der Waals surface area (Å²) in [6, 6.07) is 18.1. The van der Waals surface area contributed by atoms with Gasteiger partial charge in [-0.3, -0.25) is 5.41 Å². The highest BCUT2D eigenvalue weighted by atomic mass is 35.5. The average molecular weight is 380 g/mol. The Bertz CT molecular complexity index is 825. The van der Waals surface area contributed by atoms with Gasteiger partial charge in [-0.2, -0.15) is 0 Å². The van der Waals surface area contributed by atoms with Gasteiger partial charge in [0.15, 0.2) is 5.84 Å². The molecule has 0 bridgehead atoms. The van der Waals surface area contributed by atoms with Crippen molar-refractivity contribution in [3.63, 3.8) is 0 Å². The Hall–Kier alpha value is -2.65. The van der Waals surface area contributed by atoms with Crippen LogP contribution < -0.4 is 0 Å². The normalized spacial score (nSPS) is 12.8. The molecule has 2 aromatic carbocycles. The summed E-state index contributed by atoms with van der Waals surface area (Å²) in [6.07, 6.45) is 7.54. The number of nitrogens with one attached hydrogen (secondary N) is 1. The molecule has 0 aliphatic carbocycles. The predicted octanol–water partition coefficient (Wildman–Crippen LogP) is 6.12. The first kappa shape index (κ1) is 20.7. The quantitative estimate of drug-likeness (QED) is 0.268. The van der Waals surface area contributed by atoms with Gasteiger partial charge in [0, 0.05) is 18.7 Å². The number of aliphatic imine (C=N–C) groups is 1. The molecule has 0 radical (unpaired) electrons. The molecule has 4 heteroatoms. The van der Waals surface area contributed by atoms with E-state index in [1.165, 1.54) is 0 Å². The highest BCUT2D eigenvalue weighted by Gasteiger charge is 2.15. The molecule has 1 N–H and O–H groups in total. The number of allylic oxidation sites excluding steroid dienone is 2. The van der Waals surface area contributed by atoms with E-state index < -0.39 is 0 Å². The first-order valence-electron chi connectivity index (χ1n) is 9.05. The number of amidine groups is 2. The lowest BCUT2D eigenvalue weighted by atomic mass is 10.0. The molecule has 0 heterocycles. The molecule has 0 aliphatic heterocycles. The first-order valence-corrected chi connectivity index (χ1v) is 9.43. The van der Waals surface area contributed by atoms with Gasteiger partial charge in [-0.05, 0) is 41.6 Å². The van der Waals surface area contributed by atoms with Crippen molar-refractivity contribution in [3.05, 3.63) is 85.0 Å². The van der Waals surface area contributed by atoms with E-state index in [1.54, 1.807) is 6.08 Å². The molecule has 0 unspecified atom stereocenters. The predicted molar refractivity (Wildman–Crippen MR) is 118 cm³/mol. The van der Waals surface area contributed by atoms with E-state index in [0.717, 1.165) is 29.5 Å². The van der Waals surface area contributed by atoms with Crippen LogP contribution in [0.25, 0.3) is 11.1 Å². The van der Waals surface area contributed by atoms with Crippen molar-refractivity contribution in [3.8, 4) is 11.1 Å². The van der Waals surface area contributed by atoms with E-state index in [9.17, 15) is 0 Å². The van der Waals surface area contributed by atoms with Gasteiger partial charge in [-0.25, -0.2) is 4.99 Å². The van der Waals surface area contributed by atoms with Crippen LogP contribution in [0.1, 0.15) is 25.3 Å². The molecular formula is C23H26ClN3. The van der Waals surface area contributed by atoms with Crippen LogP contribution in [-0.4, -0.2) is 29.1 Å². The lowest BCUT2D eigenvalue weighted by Crippen LogP contribution is -2.34. The number of rotatable bonds is 7. The van der Waals surface area contributed by atoms with Crippen molar-refractivity contribution in [2.75, 3.05) is 7.05 Å². The summed E-state index contributed by atoms with van der Waals surface area (Å²) < 4.78 is 0. The molecule has 0 spiro atoms. The highest BCUT2D eigenvalue weighted by Crippen LogP contribution is 2.20. The van der Waals surface area contributed by atoms with Gasteiger partial charge in [-0.1, -0.05) is 80.3 Å². The Labute approximate surface area is 167 Å². The third-order valence-corrected chi connectivity index (χ3v) is 4.79. The third kappa shape index (κ3) is 5.93. The zero-order valence-corrected chi connectivity index (χ0v) is 16.7. The monoisotopic (exact) mass is 379 g/mol. The SMILES string of the molecule is C=C/C=C\C[C@H](CC)N(C)C(Cl)=NC(=N)c1cccc(-c2ccccc2)c1. The van der Waals surface area contributed by atoms with E-state index in [4.69, 9.17) is 17.0 Å². The summed E-state index contributed by atoms with van der Waals surface area (Å²) in [4.78, 5) is 6.25. The first-order chi connectivity index (χ1) is 13.1. The second-order valence-corrected chi connectivity index (χ2v) is 6.59. The van der Waals surface area contributed by atoms with Crippen LogP contribution in [-0.2, 0) is 0 Å². The fourth-order valence-corrected chi connectivity index (χ4v) is 3.02. The average Bonchev–Trinajstić information content (AvgIpc) is 2.71. The number of halogens is 1. The Morgan fingerprint density at radius 1 is 1.19 bits per heavy atom. The minimum absolute atomic E-state index is 0.154. The molecule has 1 atom stereocenters. The van der Waals surface area contributed by atoms with Crippen molar-refractivity contribution in [2.45, 2.75) is 25.8 Å². The van der Waals surface area contributed by atoms with Crippen molar-refractivity contribution >= 4 is 22.7 Å². The van der Waals surface area contributed by atoms with Crippen LogP contribution in [0.4, 0.5) is 0 Å². The summed E-state index contributed by atoms with van der Waals surface area (Å²) in [5.41, 5.74) is 2.90. The molecule has 27 heavy (non-hydrogen) atoms. The van der Waals surface area contributed by atoms with Crippen molar-refractivity contribution in [1.82, 2.24) is 4.90 Å². The molecule has 0 saturated heterocycles. The maximum absolute atomic E-state index is 8.35. The van der Waals surface area contributed by atoms with Gasteiger partial charge in [0.05, 0.1) is 0 Å². The lowest BCUT2D eigenvalue weighted by molar-refractivity contribution is 0.362. The van der Waals surface area contributed by atoms with E-state index in [2.05, 4.69) is 36.7 Å². The van der Waals surface area contributed by atoms with E-state index in [0.29, 0.717) is 5.29 Å². The zero-order chi connectivity index (χ0) is 19.6. The van der Waals surface area contributed by atoms with Gasteiger partial charge in [0.1, 0.15) is 0 Å². The standard InChI is InChI=1S/C23H26ClN3/c1-4-6-8-16-21(5-2)27(3)23(24)26-22(25)20-15-11-14-19(17-20)18-12-9-7-10-13-18/h4,6-15,17,21,25H,1,5,16H2,2-3H3/b8-6-,25-22?,26-23?/t21-/m0/s1. The molecule has 0 aromatic heterocycles. The minimum Gasteiger partial charge on any atom is -0.347 e. The van der Waals surface area contributed by atoms with Crippen LogP contribution in [0.2, 0.25) is 0 Å². The van der Waals surface area contributed by atoms with Crippen LogP contribution in [0.15, 0.2) is 84.4 Å². The molecule has 0 saturated carbocycles. The number of hydrogen-bond acceptors (Lipinski definition) is 1. The summed E-state index contributed by atoms with van der Waals surface area (Å²) in [5, 5.41) is 8.68. The van der Waals surface area contributed by atoms with Crippen LogP contribution >= 0.6 is 11.6 Å². The molecule has 0 amide bonds. The molecular weight excluding hydrogens is 354 g/mol. The minimum atomic E-state index is 0.154. The molecule has 2 aromatic rings. The fourth-order valence-electron chi connectivity index (χ4n) is 2.79. The molecule has 3 nitrogen and oxygen atoms in total. The number of benzene rings is 2. The second-order valence-electron chi connectivity index (χ2n) is 6.25. The van der Waals surface area contributed by atoms with Crippen molar-refractivity contribution in [2.24, 2.45) is 4.99 Å². The van der Waals surface area contributed by atoms with E-state index >= 15 is 0 Å². The molecule has 2 rings (SSSR count). The smallest absolute Gasteiger partial charge is 0.200 e. The van der Waals surface area contributed by atoms with Crippen molar-refractivity contribution in [1.29, 1.82) is 5.41 Å². The van der Waals surface area contributed by atoms with Gasteiger partial charge in [0.25, 0.3) is 0 Å². The Balaban J connectivity index is 2.17. The largest absolute Gasteiger partial charge is 0.347 e. The molecule has 0 aliphatic rings. The summed E-state index contributed by atoms with van der Waals surface area (Å²) >= 11 is 6.41. The van der Waals surface area contributed by atoms with Crippen molar-refractivity contribution < 1.29 is 0 Å². The number of hydrogen-bond donors (Lipinski definition) is 1. The Morgan fingerprint density at radius 3 is 2.56 bits per heavy atom. The molecule has 0 fully saturated rings. The van der Waals surface area contributed by atoms with Gasteiger partial charge in [-0.15, -0.1) is 0 Å². The van der Waals surface area contributed by atoms with Gasteiger partial charge >= 0.3 is 0 Å². The zero-order valence-electron chi connectivity index (χ0n) is 15.9. The van der Waals surface area contributed by atoms with Gasteiger partial charge < -0.3 is 4.90 Å². The Kier molecular flexibility index (Phi) is 8.02. The topological polar surface area (TPSA) is 39.5 Å². The second kappa shape index (κ2) is 10.5. The maximum atomic E-state index is 8.35. The molecule has 140 valence electrons. The lowest BCUT2D eigenvalue weighted by Gasteiger charge is -2.26. The summed E-state index contributed by atoms with van der Waals surface area (Å²) in [7, 11) is 1.91. The Morgan fingerprint density at radius 2 is 1.89 bits per heavy atom. The van der Waals surface area contributed by atoms with Crippen LogP contribution in [0.5, 0.6) is 0 Å². The summed E-state index contributed by atoms with van der Waals surface area (Å²) in [5.74, 6) is 0.154. The van der Waals surface area contributed by atoms with E-state index in [1.807, 2.05) is 60.5 Å². The van der Waals surface area contributed by atoms with E-state index in [-0.39, 0.29) is 11.9 Å². The van der Waals surface area contributed by atoms with Crippen LogP contribution in [0, 0.1) is 5.41 Å². The van der Waals surface area contributed by atoms with Crippen LogP contribution in [0.3, 0.4) is 0 Å². The third-order valence-electron chi connectivity index (χ3n) is 4.44. The summed E-state index contributed by atoms with van der Waals surface area (Å²) in [6.45, 7) is 5.80. The highest BCUT2D eigenvalue weighted by molar-refractivity contribution is 6.65. The number of nitrogens with zero attached hydrogens (tertiary/aromatic N) is 2. The maximum Gasteiger partial charge on any atom is 0.200 e. The fraction of sp³-hybridized carbons (Fsp3) is 0.217.